The van der Waals surface area contributed by atoms with Gasteiger partial charge in [-0.25, -0.2) is 0 Å². The maximum atomic E-state index is 11.8. The molecule has 1 aromatic carbocycles. The van der Waals surface area contributed by atoms with Gasteiger partial charge in [0.2, 0.25) is 6.29 Å². The lowest BCUT2D eigenvalue weighted by Crippen LogP contribution is -2.51. The second-order valence-corrected chi connectivity index (χ2v) is 4.66. The van der Waals surface area contributed by atoms with E-state index in [1.165, 1.54) is 7.11 Å². The van der Waals surface area contributed by atoms with Gasteiger partial charge in [0.05, 0.1) is 12.7 Å². The molecule has 0 N–H and O–H groups in total. The minimum absolute atomic E-state index is 0.0857. The Morgan fingerprint density at radius 2 is 1.95 bits per heavy atom. The number of hydrogen-bond acceptors (Lipinski definition) is 5. The van der Waals surface area contributed by atoms with Crippen molar-refractivity contribution >= 4 is 5.78 Å². The molecular formula is C14H16O5. The summed E-state index contributed by atoms with van der Waals surface area (Å²) < 4.78 is 22.0. The summed E-state index contributed by atoms with van der Waals surface area (Å²) in [5, 5.41) is 0. The van der Waals surface area contributed by atoms with Crippen molar-refractivity contribution in [2.24, 2.45) is 0 Å². The molecule has 2 unspecified atom stereocenters. The summed E-state index contributed by atoms with van der Waals surface area (Å²) in [5.74, 6) is -0.0857. The number of ketones is 1. The van der Waals surface area contributed by atoms with Crippen molar-refractivity contribution in [1.29, 1.82) is 0 Å². The molecule has 1 aromatic rings. The zero-order chi connectivity index (χ0) is 13.2. The molecule has 3 rings (SSSR count). The smallest absolute Gasteiger partial charge is 0.218 e. The number of rotatable bonds is 2. The van der Waals surface area contributed by atoms with Gasteiger partial charge in [-0.2, -0.15) is 0 Å². The third-order valence-corrected chi connectivity index (χ3v) is 3.37. The predicted octanol–water partition coefficient (Wildman–Crippen LogP) is 1.43. The summed E-state index contributed by atoms with van der Waals surface area (Å²) in [6, 6.07) is 9.67. The highest BCUT2D eigenvalue weighted by Gasteiger charge is 2.42. The van der Waals surface area contributed by atoms with Gasteiger partial charge in [-0.3, -0.25) is 4.79 Å². The summed E-state index contributed by atoms with van der Waals surface area (Å²) in [5.41, 5.74) is 0.947. The first kappa shape index (κ1) is 12.7. The summed E-state index contributed by atoms with van der Waals surface area (Å²) in [6.45, 7) is 0.400. The van der Waals surface area contributed by atoms with Crippen molar-refractivity contribution < 1.29 is 23.7 Å². The Labute approximate surface area is 111 Å². The molecule has 2 fully saturated rings. The third kappa shape index (κ3) is 2.55. The van der Waals surface area contributed by atoms with E-state index in [1.807, 2.05) is 30.3 Å². The number of carbonyl (C=O) groups excluding carboxylic acids is 1. The minimum Gasteiger partial charge on any atom is -0.349 e. The van der Waals surface area contributed by atoms with E-state index < -0.39 is 12.6 Å². The Balaban J connectivity index is 1.70. The lowest BCUT2D eigenvalue weighted by Gasteiger charge is -2.40. The summed E-state index contributed by atoms with van der Waals surface area (Å²) in [6.07, 6.45) is -1.43. The molecule has 0 aromatic heterocycles. The largest absolute Gasteiger partial charge is 0.349 e. The van der Waals surface area contributed by atoms with E-state index in [1.54, 1.807) is 0 Å². The highest BCUT2D eigenvalue weighted by atomic mass is 16.7. The van der Waals surface area contributed by atoms with E-state index in [4.69, 9.17) is 18.9 Å². The topological polar surface area (TPSA) is 54.0 Å². The number of ether oxygens (including phenoxy) is 4. The van der Waals surface area contributed by atoms with Gasteiger partial charge in [0, 0.05) is 19.1 Å². The normalized spacial score (nSPS) is 34.9. The van der Waals surface area contributed by atoms with E-state index in [9.17, 15) is 4.79 Å². The molecule has 2 aliphatic rings. The zero-order valence-electron chi connectivity index (χ0n) is 10.7. The molecule has 2 aliphatic heterocycles. The highest BCUT2D eigenvalue weighted by Crippen LogP contribution is 2.32. The molecular weight excluding hydrogens is 248 g/mol. The Kier molecular flexibility index (Phi) is 3.61. The van der Waals surface area contributed by atoms with Crippen molar-refractivity contribution in [2.45, 2.75) is 31.2 Å². The van der Waals surface area contributed by atoms with Gasteiger partial charge in [-0.1, -0.05) is 30.3 Å². The Bertz CT molecular complexity index is 446. The lowest BCUT2D eigenvalue weighted by molar-refractivity contribution is -0.300. The number of fused-ring (bicyclic) bond motifs is 1. The SMILES string of the molecule is COC1O[C@@H]2COC(c3ccccc3)O[C@H]2CC1=O. The molecule has 2 heterocycles. The molecule has 0 spiro atoms. The fourth-order valence-corrected chi connectivity index (χ4v) is 2.38. The van der Waals surface area contributed by atoms with Crippen LogP contribution in [0.15, 0.2) is 30.3 Å². The molecule has 4 atom stereocenters. The molecule has 0 amide bonds. The summed E-state index contributed by atoms with van der Waals surface area (Å²) in [7, 11) is 1.46. The summed E-state index contributed by atoms with van der Waals surface area (Å²) in [4.78, 5) is 11.8. The minimum atomic E-state index is -0.790. The van der Waals surface area contributed by atoms with E-state index in [0.29, 0.717) is 13.0 Å². The second kappa shape index (κ2) is 5.38. The van der Waals surface area contributed by atoms with Crippen LogP contribution in [0.1, 0.15) is 18.3 Å². The molecule has 5 nitrogen and oxygen atoms in total. The molecule has 0 bridgehead atoms. The van der Waals surface area contributed by atoms with Crippen LogP contribution >= 0.6 is 0 Å². The van der Waals surface area contributed by atoms with Crippen LogP contribution in [0.25, 0.3) is 0 Å². The fourth-order valence-electron chi connectivity index (χ4n) is 2.38. The molecule has 102 valence electrons. The van der Waals surface area contributed by atoms with Crippen LogP contribution in [-0.2, 0) is 23.7 Å². The average molecular weight is 264 g/mol. The molecule has 2 saturated heterocycles. The van der Waals surface area contributed by atoms with Crippen molar-refractivity contribution in [3.63, 3.8) is 0 Å². The summed E-state index contributed by atoms with van der Waals surface area (Å²) >= 11 is 0. The molecule has 19 heavy (non-hydrogen) atoms. The maximum Gasteiger partial charge on any atom is 0.218 e. The molecule has 5 heteroatoms. The standard InChI is InChI=1S/C14H16O5/c1-16-14-10(15)7-11-12(19-14)8-17-13(18-11)9-5-3-2-4-6-9/h2-6,11-14H,7-8H2,1H3/t11-,12+,13?,14?/m0/s1. The monoisotopic (exact) mass is 264 g/mol. The number of Topliss-reactive ketones (excluding diaryl/α,β-unsaturated/α-hetero) is 1. The fraction of sp³-hybridized carbons (Fsp3) is 0.500. The van der Waals surface area contributed by atoms with Crippen molar-refractivity contribution in [3.05, 3.63) is 35.9 Å². The van der Waals surface area contributed by atoms with Crippen molar-refractivity contribution in [2.75, 3.05) is 13.7 Å². The van der Waals surface area contributed by atoms with Crippen LogP contribution in [0.3, 0.4) is 0 Å². The Hall–Kier alpha value is -1.27. The molecule has 0 aliphatic carbocycles. The van der Waals surface area contributed by atoms with Gasteiger partial charge >= 0.3 is 0 Å². The Morgan fingerprint density at radius 1 is 1.16 bits per heavy atom. The number of methoxy groups -OCH3 is 1. The first-order valence-corrected chi connectivity index (χ1v) is 6.31. The highest BCUT2D eigenvalue weighted by molar-refractivity contribution is 5.83. The molecule has 0 radical (unpaired) electrons. The van der Waals surface area contributed by atoms with Gasteiger partial charge in [-0.05, 0) is 0 Å². The van der Waals surface area contributed by atoms with E-state index >= 15 is 0 Å². The van der Waals surface area contributed by atoms with Gasteiger partial charge in [0.25, 0.3) is 0 Å². The quantitative estimate of drug-likeness (QED) is 0.809. The van der Waals surface area contributed by atoms with Crippen LogP contribution in [0.5, 0.6) is 0 Å². The van der Waals surface area contributed by atoms with Gasteiger partial charge in [0.15, 0.2) is 12.1 Å². The average Bonchev–Trinajstić information content (AvgIpc) is 2.47. The lowest BCUT2D eigenvalue weighted by atomic mass is 10.0. The van der Waals surface area contributed by atoms with Crippen molar-refractivity contribution in [1.82, 2.24) is 0 Å². The first-order chi connectivity index (χ1) is 9.28. The number of hydrogen-bond donors (Lipinski definition) is 0. The van der Waals surface area contributed by atoms with Crippen LogP contribution in [0.4, 0.5) is 0 Å². The third-order valence-electron chi connectivity index (χ3n) is 3.37. The number of benzene rings is 1. The number of carbonyl (C=O) groups is 1. The van der Waals surface area contributed by atoms with Gasteiger partial charge in [0.1, 0.15) is 6.10 Å². The van der Waals surface area contributed by atoms with E-state index in [0.717, 1.165) is 5.56 Å². The zero-order valence-corrected chi connectivity index (χ0v) is 10.7. The predicted molar refractivity (Wildman–Crippen MR) is 65.3 cm³/mol. The van der Waals surface area contributed by atoms with E-state index in [-0.39, 0.29) is 18.0 Å². The van der Waals surface area contributed by atoms with Crippen LogP contribution in [-0.4, -0.2) is 38.0 Å². The maximum absolute atomic E-state index is 11.8. The molecule has 0 saturated carbocycles. The van der Waals surface area contributed by atoms with Crippen LogP contribution < -0.4 is 0 Å². The first-order valence-electron chi connectivity index (χ1n) is 6.31. The van der Waals surface area contributed by atoms with E-state index in [2.05, 4.69) is 0 Å². The Morgan fingerprint density at radius 3 is 2.68 bits per heavy atom. The van der Waals surface area contributed by atoms with Crippen LogP contribution in [0, 0.1) is 0 Å². The second-order valence-electron chi connectivity index (χ2n) is 4.66. The van der Waals surface area contributed by atoms with Crippen LogP contribution in [0.2, 0.25) is 0 Å². The van der Waals surface area contributed by atoms with Gasteiger partial charge < -0.3 is 18.9 Å². The van der Waals surface area contributed by atoms with Gasteiger partial charge in [-0.15, -0.1) is 0 Å². The van der Waals surface area contributed by atoms with Crippen molar-refractivity contribution in [3.8, 4) is 0 Å².